The third kappa shape index (κ3) is 5.34. The molecule has 0 N–H and O–H groups in total. The minimum Gasteiger partial charge on any atom is -0.462 e. The van der Waals surface area contributed by atoms with Crippen LogP contribution in [0.15, 0.2) is 57.8 Å². The first-order chi connectivity index (χ1) is 17.4. The molecular weight excluding hydrogens is 480 g/mol. The van der Waals surface area contributed by atoms with E-state index in [9.17, 15) is 14.4 Å². The van der Waals surface area contributed by atoms with E-state index < -0.39 is 11.9 Å². The van der Waals surface area contributed by atoms with Crippen molar-refractivity contribution in [3.8, 4) is 0 Å². The van der Waals surface area contributed by atoms with Gasteiger partial charge in [-0.3, -0.25) is 14.0 Å². The molecule has 10 heteroatoms. The monoisotopic (exact) mass is 508 g/mol. The van der Waals surface area contributed by atoms with E-state index in [-0.39, 0.29) is 41.3 Å². The molecule has 188 valence electrons. The minimum absolute atomic E-state index is 0.0234. The van der Waals surface area contributed by atoms with Gasteiger partial charge in [0.25, 0.3) is 11.5 Å². The van der Waals surface area contributed by atoms with E-state index >= 15 is 0 Å². The number of rotatable bonds is 7. The molecule has 0 spiro atoms. The zero-order chi connectivity index (χ0) is 25.7. The van der Waals surface area contributed by atoms with Gasteiger partial charge in [-0.25, -0.2) is 9.78 Å². The van der Waals surface area contributed by atoms with Gasteiger partial charge in [0.15, 0.2) is 5.49 Å². The fraction of sp³-hybridized carbons (Fsp3) is 0.346. The molecule has 0 radical (unpaired) electrons. The van der Waals surface area contributed by atoms with Crippen LogP contribution >= 0.6 is 11.8 Å². The maximum Gasteiger partial charge on any atom is 0.341 e. The summed E-state index contributed by atoms with van der Waals surface area (Å²) >= 11 is 1.50. The van der Waals surface area contributed by atoms with E-state index in [0.717, 1.165) is 18.4 Å². The summed E-state index contributed by atoms with van der Waals surface area (Å²) in [6.07, 6.45) is 9.70. The van der Waals surface area contributed by atoms with Gasteiger partial charge in [0.1, 0.15) is 16.9 Å². The molecule has 0 bridgehead atoms. The maximum absolute atomic E-state index is 13.5. The van der Waals surface area contributed by atoms with Gasteiger partial charge < -0.3 is 14.0 Å². The highest BCUT2D eigenvalue weighted by Gasteiger charge is 2.23. The average molecular weight is 509 g/mol. The van der Waals surface area contributed by atoms with Crippen molar-refractivity contribution in [3.05, 3.63) is 75.0 Å². The number of carbonyl (C=O) groups excluding carboxylic acids is 2. The third-order valence-electron chi connectivity index (χ3n) is 5.79. The molecule has 1 aliphatic heterocycles. The summed E-state index contributed by atoms with van der Waals surface area (Å²) in [5, 5.41) is 2.05. The first-order valence-corrected chi connectivity index (χ1v) is 13.0. The number of aryl methyl sites for hydroxylation is 1. The highest BCUT2D eigenvalue weighted by molar-refractivity contribution is 8.01. The van der Waals surface area contributed by atoms with Crippen LogP contribution in [0, 0.1) is 6.92 Å². The Morgan fingerprint density at radius 3 is 2.89 bits per heavy atom. The number of thioether (sulfide) groups is 1. The predicted molar refractivity (Wildman–Crippen MR) is 139 cm³/mol. The summed E-state index contributed by atoms with van der Waals surface area (Å²) in [5.41, 5.74) is 1.41. The van der Waals surface area contributed by atoms with Gasteiger partial charge in [0.2, 0.25) is 0 Å². The summed E-state index contributed by atoms with van der Waals surface area (Å²) in [7, 11) is 0. The molecule has 0 aliphatic carbocycles. The van der Waals surface area contributed by atoms with Gasteiger partial charge in [-0.15, -0.1) is 11.8 Å². The molecule has 9 nitrogen and oxygen atoms in total. The molecule has 3 aromatic rings. The van der Waals surface area contributed by atoms with Crippen LogP contribution in [-0.2, 0) is 20.8 Å². The summed E-state index contributed by atoms with van der Waals surface area (Å²) in [5.74, 6) is -1.23. The summed E-state index contributed by atoms with van der Waals surface area (Å²) in [6, 6.07) is 5.06. The number of hydrogen-bond acceptors (Lipinski definition) is 7. The molecule has 1 fully saturated rings. The average Bonchev–Trinajstić information content (AvgIpc) is 3.37. The number of carbonyl (C=O) groups is 2. The topological polar surface area (TPSA) is 104 Å². The van der Waals surface area contributed by atoms with E-state index in [1.165, 1.54) is 28.3 Å². The lowest BCUT2D eigenvalue weighted by atomic mass is 10.1. The maximum atomic E-state index is 13.5. The lowest BCUT2D eigenvalue weighted by Crippen LogP contribution is -2.35. The van der Waals surface area contributed by atoms with Crippen LogP contribution in [-0.4, -0.2) is 51.4 Å². The van der Waals surface area contributed by atoms with Gasteiger partial charge in [-0.1, -0.05) is 18.2 Å². The molecule has 1 aliphatic rings. The third-order valence-corrected chi connectivity index (χ3v) is 6.22. The normalized spacial score (nSPS) is 16.6. The molecule has 4 heterocycles. The van der Waals surface area contributed by atoms with E-state index in [0.29, 0.717) is 17.9 Å². The SMILES string of the molecule is CCOC(=O)c1cc2c(=O)n3cccc(C)c3nc2n(C[C@H]2CCCO2)c1=NC(=O)/C=C/C=C/SC. The fourth-order valence-electron chi connectivity index (χ4n) is 4.14. The van der Waals surface area contributed by atoms with Crippen molar-refractivity contribution in [1.82, 2.24) is 14.0 Å². The smallest absolute Gasteiger partial charge is 0.341 e. The van der Waals surface area contributed by atoms with Crippen molar-refractivity contribution in [2.24, 2.45) is 4.99 Å². The van der Waals surface area contributed by atoms with E-state index in [2.05, 4.69) is 4.99 Å². The number of hydrogen-bond donors (Lipinski definition) is 0. The van der Waals surface area contributed by atoms with Gasteiger partial charge in [0, 0.05) is 18.9 Å². The van der Waals surface area contributed by atoms with Gasteiger partial charge in [-0.05, 0) is 56.0 Å². The van der Waals surface area contributed by atoms with Gasteiger partial charge >= 0.3 is 5.97 Å². The number of aromatic nitrogens is 3. The number of esters is 1. The first-order valence-electron chi connectivity index (χ1n) is 11.7. The number of fused-ring (bicyclic) bond motifs is 2. The van der Waals surface area contributed by atoms with E-state index in [4.69, 9.17) is 14.5 Å². The van der Waals surface area contributed by atoms with Crippen molar-refractivity contribution >= 4 is 40.3 Å². The summed E-state index contributed by atoms with van der Waals surface area (Å²) < 4.78 is 14.2. The number of amides is 1. The van der Waals surface area contributed by atoms with Crippen LogP contribution in [0.2, 0.25) is 0 Å². The molecular formula is C26H28N4O5S. The van der Waals surface area contributed by atoms with E-state index in [1.807, 2.05) is 24.7 Å². The molecule has 3 aromatic heterocycles. The minimum atomic E-state index is -0.674. The quantitative estimate of drug-likeness (QED) is 0.209. The van der Waals surface area contributed by atoms with Gasteiger partial charge in [-0.2, -0.15) is 4.99 Å². The number of ether oxygens (including phenoxy) is 2. The Hall–Kier alpha value is -3.50. The molecule has 0 aromatic carbocycles. The van der Waals surface area contributed by atoms with Crippen LogP contribution < -0.4 is 11.0 Å². The second-order valence-corrected chi connectivity index (χ2v) is 9.00. The Kier molecular flexibility index (Phi) is 8.17. The molecule has 4 rings (SSSR count). The fourth-order valence-corrected chi connectivity index (χ4v) is 4.38. The van der Waals surface area contributed by atoms with Crippen molar-refractivity contribution in [3.63, 3.8) is 0 Å². The Balaban J connectivity index is 2.07. The van der Waals surface area contributed by atoms with Crippen LogP contribution in [0.1, 0.15) is 35.7 Å². The Labute approximate surface area is 212 Å². The standard InChI is InChI=1S/C26H28N4O5S/c1-4-34-26(33)20-15-19-23(28-22-17(2)9-7-12-29(22)25(19)32)30(16-18-10-8-13-35-18)24(20)27-21(31)11-5-6-14-36-3/h5-7,9,11-12,14-15,18H,4,8,10,13,16H2,1-3H3/b11-5+,14-6+,27-24?/t18-/m1/s1. The summed E-state index contributed by atoms with van der Waals surface area (Å²) in [4.78, 5) is 48.4. The molecule has 0 unspecified atom stereocenters. The molecule has 1 atom stereocenters. The van der Waals surface area contributed by atoms with Crippen molar-refractivity contribution < 1.29 is 19.1 Å². The van der Waals surface area contributed by atoms with E-state index in [1.54, 1.807) is 35.9 Å². The van der Waals surface area contributed by atoms with Crippen molar-refractivity contribution in [2.75, 3.05) is 19.5 Å². The zero-order valence-electron chi connectivity index (χ0n) is 20.5. The summed E-state index contributed by atoms with van der Waals surface area (Å²) in [6.45, 7) is 4.58. The Morgan fingerprint density at radius 2 is 2.17 bits per heavy atom. The molecule has 0 saturated carbocycles. The second kappa shape index (κ2) is 11.5. The first kappa shape index (κ1) is 25.6. The van der Waals surface area contributed by atoms with Crippen LogP contribution in [0.4, 0.5) is 0 Å². The number of pyridine rings is 2. The van der Waals surface area contributed by atoms with Crippen LogP contribution in [0.5, 0.6) is 0 Å². The molecule has 36 heavy (non-hydrogen) atoms. The Morgan fingerprint density at radius 1 is 1.33 bits per heavy atom. The highest BCUT2D eigenvalue weighted by Crippen LogP contribution is 2.18. The predicted octanol–water partition coefficient (Wildman–Crippen LogP) is 3.17. The number of allylic oxidation sites excluding steroid dienone is 2. The Bertz CT molecular complexity index is 1500. The second-order valence-electron chi connectivity index (χ2n) is 8.26. The lowest BCUT2D eigenvalue weighted by Gasteiger charge is -2.18. The lowest BCUT2D eigenvalue weighted by molar-refractivity contribution is -0.113. The molecule has 1 saturated heterocycles. The van der Waals surface area contributed by atoms with Crippen molar-refractivity contribution in [1.29, 1.82) is 0 Å². The number of nitrogens with zero attached hydrogens (tertiary/aromatic N) is 4. The van der Waals surface area contributed by atoms with Crippen LogP contribution in [0.3, 0.4) is 0 Å². The largest absolute Gasteiger partial charge is 0.462 e. The molecule has 1 amide bonds. The van der Waals surface area contributed by atoms with Gasteiger partial charge in [0.05, 0.1) is 24.6 Å². The zero-order valence-corrected chi connectivity index (χ0v) is 21.3. The van der Waals surface area contributed by atoms with Crippen molar-refractivity contribution in [2.45, 2.75) is 39.3 Å². The van der Waals surface area contributed by atoms with Crippen LogP contribution in [0.25, 0.3) is 16.7 Å². The highest BCUT2D eigenvalue weighted by atomic mass is 32.2.